The summed E-state index contributed by atoms with van der Waals surface area (Å²) in [5.74, 6) is 0.595. The second-order valence-corrected chi connectivity index (χ2v) is 7.99. The van der Waals surface area contributed by atoms with Crippen molar-refractivity contribution in [1.29, 1.82) is 0 Å². The van der Waals surface area contributed by atoms with Crippen LogP contribution in [-0.4, -0.2) is 36.7 Å². The number of nitrogens with one attached hydrogen (secondary N) is 6. The third-order valence-electron chi connectivity index (χ3n) is 6.26. The fourth-order valence-electron chi connectivity index (χ4n) is 4.66. The molecule has 0 spiro atoms. The van der Waals surface area contributed by atoms with Crippen molar-refractivity contribution < 1.29 is 0 Å². The number of hydrogen-bond donors (Lipinski definition) is 6. The first-order chi connectivity index (χ1) is 13.9. The van der Waals surface area contributed by atoms with Gasteiger partial charge in [-0.05, 0) is 36.1 Å². The molecule has 3 saturated heterocycles. The average Bonchev–Trinajstić information content (AvgIpc) is 3.43. The summed E-state index contributed by atoms with van der Waals surface area (Å²) in [4.78, 5) is 2.60. The van der Waals surface area contributed by atoms with Crippen molar-refractivity contribution in [2.75, 3.05) is 19.6 Å². The van der Waals surface area contributed by atoms with Gasteiger partial charge >= 0.3 is 0 Å². The third-order valence-corrected chi connectivity index (χ3v) is 6.26. The Balaban J connectivity index is 1.24. The van der Waals surface area contributed by atoms with Gasteiger partial charge in [0.25, 0.3) is 0 Å². The Morgan fingerprint density at radius 3 is 2.36 bits per heavy atom. The van der Waals surface area contributed by atoms with E-state index in [2.05, 4.69) is 92.3 Å². The van der Waals surface area contributed by atoms with Crippen LogP contribution in [0.15, 0.2) is 54.6 Å². The van der Waals surface area contributed by atoms with Gasteiger partial charge in [0.1, 0.15) is 0 Å². The summed E-state index contributed by atoms with van der Waals surface area (Å²) in [7, 11) is 0. The average molecular weight is 380 g/mol. The lowest BCUT2D eigenvalue weighted by Crippen LogP contribution is -2.47. The smallest absolute Gasteiger partial charge is 0.0871 e. The highest BCUT2D eigenvalue weighted by atomic mass is 15.8. The number of hydrazine groups is 4. The topological polar surface area (TPSA) is 75.4 Å². The van der Waals surface area contributed by atoms with Crippen LogP contribution < -0.4 is 32.8 Å². The number of nitrogens with zero attached hydrogens (tertiary/aromatic N) is 1. The molecule has 3 unspecified atom stereocenters. The normalized spacial score (nSPS) is 28.5. The van der Waals surface area contributed by atoms with Gasteiger partial charge < -0.3 is 4.90 Å². The van der Waals surface area contributed by atoms with Crippen molar-refractivity contribution >= 4 is 0 Å². The van der Waals surface area contributed by atoms with E-state index >= 15 is 0 Å². The molecule has 0 aromatic heterocycles. The van der Waals surface area contributed by atoms with E-state index in [-0.39, 0.29) is 6.17 Å². The zero-order valence-electron chi connectivity index (χ0n) is 16.0. The van der Waals surface area contributed by atoms with Crippen LogP contribution in [0, 0.1) is 5.92 Å². The molecule has 6 N–H and O–H groups in total. The molecule has 0 aliphatic carbocycles. The molecular formula is C21H29N7. The minimum absolute atomic E-state index is 0.277. The first-order valence-corrected chi connectivity index (χ1v) is 10.3. The first kappa shape index (κ1) is 18.2. The second kappa shape index (κ2) is 8.26. The number of likely N-dealkylation sites (tertiary alicyclic amines) is 1. The molecule has 5 rings (SSSR count). The van der Waals surface area contributed by atoms with E-state index in [0.717, 1.165) is 26.1 Å². The molecule has 7 nitrogen and oxygen atoms in total. The van der Waals surface area contributed by atoms with Gasteiger partial charge in [-0.15, -0.1) is 0 Å². The van der Waals surface area contributed by atoms with Crippen LogP contribution in [0.4, 0.5) is 0 Å². The van der Waals surface area contributed by atoms with Gasteiger partial charge in [-0.3, -0.25) is 5.43 Å². The standard InChI is InChI=1S/C21H29N7/c1-2-4-15(5-3-1)16-6-8-17(9-7-16)21-18-14-28(12-10-19(18)22-25-21)13-11-20-23-26-27-24-20/h1-9,18-27H,10-14H2. The van der Waals surface area contributed by atoms with Gasteiger partial charge in [0, 0.05) is 25.0 Å². The van der Waals surface area contributed by atoms with Gasteiger partial charge in [0.2, 0.25) is 0 Å². The Morgan fingerprint density at radius 2 is 1.57 bits per heavy atom. The Bertz CT molecular complexity index is 760. The van der Waals surface area contributed by atoms with E-state index in [1.165, 1.54) is 23.1 Å². The quantitative estimate of drug-likeness (QED) is 0.463. The molecule has 0 saturated carbocycles. The van der Waals surface area contributed by atoms with E-state index in [4.69, 9.17) is 0 Å². The van der Waals surface area contributed by atoms with E-state index in [0.29, 0.717) is 18.0 Å². The Kier molecular flexibility index (Phi) is 5.37. The Hall–Kier alpha value is -1.84. The molecule has 0 radical (unpaired) electrons. The fourth-order valence-corrected chi connectivity index (χ4v) is 4.66. The van der Waals surface area contributed by atoms with Crippen LogP contribution in [0.5, 0.6) is 0 Å². The zero-order chi connectivity index (χ0) is 18.8. The molecule has 2 aromatic rings. The van der Waals surface area contributed by atoms with Gasteiger partial charge in [-0.2, -0.15) is 11.1 Å². The van der Waals surface area contributed by atoms with Crippen molar-refractivity contribution in [3.05, 3.63) is 60.2 Å². The Morgan fingerprint density at radius 1 is 0.821 bits per heavy atom. The molecule has 0 bridgehead atoms. The number of piperidine rings is 1. The second-order valence-electron chi connectivity index (χ2n) is 7.99. The predicted molar refractivity (Wildman–Crippen MR) is 110 cm³/mol. The number of hydrogen-bond acceptors (Lipinski definition) is 7. The molecule has 3 fully saturated rings. The van der Waals surface area contributed by atoms with Crippen LogP contribution in [0.3, 0.4) is 0 Å². The lowest BCUT2D eigenvalue weighted by atomic mass is 9.84. The molecule has 148 valence electrons. The largest absolute Gasteiger partial charge is 0.303 e. The summed E-state index contributed by atoms with van der Waals surface area (Å²) < 4.78 is 0. The highest BCUT2D eigenvalue weighted by Gasteiger charge is 2.40. The Labute approximate surface area is 166 Å². The van der Waals surface area contributed by atoms with E-state index in [1.54, 1.807) is 0 Å². The minimum Gasteiger partial charge on any atom is -0.303 e. The summed E-state index contributed by atoms with van der Waals surface area (Å²) >= 11 is 0. The predicted octanol–water partition coefficient (Wildman–Crippen LogP) is 1.03. The number of fused-ring (bicyclic) bond motifs is 1. The molecule has 3 atom stereocenters. The summed E-state index contributed by atoms with van der Waals surface area (Å²) in [6, 6.07) is 20.6. The maximum Gasteiger partial charge on any atom is 0.0871 e. The number of benzene rings is 2. The van der Waals surface area contributed by atoms with Crippen LogP contribution in [-0.2, 0) is 0 Å². The molecule has 7 heteroatoms. The fraction of sp³-hybridized carbons (Fsp3) is 0.429. The lowest BCUT2D eigenvalue weighted by molar-refractivity contribution is 0.148. The SMILES string of the molecule is c1ccc(-c2ccc(C3NNC4CCN(CCC5NNNN5)CC43)cc2)cc1. The highest BCUT2D eigenvalue weighted by Crippen LogP contribution is 2.34. The van der Waals surface area contributed by atoms with Crippen molar-refractivity contribution in [2.45, 2.75) is 31.1 Å². The molecule has 3 heterocycles. The van der Waals surface area contributed by atoms with Gasteiger partial charge in [0.05, 0.1) is 12.2 Å². The van der Waals surface area contributed by atoms with Crippen LogP contribution >= 0.6 is 0 Å². The minimum atomic E-state index is 0.277. The van der Waals surface area contributed by atoms with Gasteiger partial charge in [-0.1, -0.05) is 54.6 Å². The summed E-state index contributed by atoms with van der Waals surface area (Å²) in [6.07, 6.45) is 2.53. The molecule has 3 aliphatic rings. The first-order valence-electron chi connectivity index (χ1n) is 10.3. The number of rotatable bonds is 5. The monoisotopic (exact) mass is 379 g/mol. The zero-order valence-corrected chi connectivity index (χ0v) is 16.0. The molecule has 3 aliphatic heterocycles. The third kappa shape index (κ3) is 3.83. The van der Waals surface area contributed by atoms with E-state index in [1.807, 2.05) is 0 Å². The van der Waals surface area contributed by atoms with Crippen LogP contribution in [0.25, 0.3) is 11.1 Å². The summed E-state index contributed by atoms with van der Waals surface area (Å²) in [5, 5.41) is 0. The lowest BCUT2D eigenvalue weighted by Gasteiger charge is -2.36. The molecule has 2 aromatic carbocycles. The molecular weight excluding hydrogens is 350 g/mol. The summed E-state index contributed by atoms with van der Waals surface area (Å²) in [6.45, 7) is 3.38. The van der Waals surface area contributed by atoms with Crippen molar-refractivity contribution in [1.82, 2.24) is 37.7 Å². The van der Waals surface area contributed by atoms with Gasteiger partial charge in [0.15, 0.2) is 0 Å². The van der Waals surface area contributed by atoms with Gasteiger partial charge in [-0.25, -0.2) is 16.3 Å². The van der Waals surface area contributed by atoms with Crippen molar-refractivity contribution in [3.8, 4) is 11.1 Å². The molecule has 28 heavy (non-hydrogen) atoms. The summed E-state index contributed by atoms with van der Waals surface area (Å²) in [5.41, 5.74) is 23.2. The van der Waals surface area contributed by atoms with Crippen molar-refractivity contribution in [2.24, 2.45) is 5.92 Å². The molecule has 0 amide bonds. The maximum atomic E-state index is 3.57. The van der Waals surface area contributed by atoms with E-state index in [9.17, 15) is 0 Å². The highest BCUT2D eigenvalue weighted by molar-refractivity contribution is 5.63. The maximum absolute atomic E-state index is 3.57. The van der Waals surface area contributed by atoms with Crippen LogP contribution in [0.2, 0.25) is 0 Å². The van der Waals surface area contributed by atoms with E-state index < -0.39 is 0 Å². The van der Waals surface area contributed by atoms with Crippen LogP contribution in [0.1, 0.15) is 24.4 Å². The van der Waals surface area contributed by atoms with Crippen molar-refractivity contribution in [3.63, 3.8) is 0 Å².